The largest absolute Gasteiger partial charge is 0.497 e. The lowest BCUT2D eigenvalue weighted by Crippen LogP contribution is -2.44. The van der Waals surface area contributed by atoms with Gasteiger partial charge in [0.05, 0.1) is 31.2 Å². The van der Waals surface area contributed by atoms with Crippen molar-refractivity contribution in [3.63, 3.8) is 0 Å². The zero-order chi connectivity index (χ0) is 23.9. The summed E-state index contributed by atoms with van der Waals surface area (Å²) in [4.78, 5) is 18.5. The number of aliphatic hydroxyl groups excluding tert-OH is 1. The first-order valence-electron chi connectivity index (χ1n) is 11.6. The molecule has 34 heavy (non-hydrogen) atoms. The maximum Gasteiger partial charge on any atom is 0.308 e. The highest BCUT2D eigenvalue weighted by molar-refractivity contribution is 5.83. The number of aliphatic carboxylic acids is 1. The van der Waals surface area contributed by atoms with Gasteiger partial charge in [-0.15, -0.1) is 0 Å². The van der Waals surface area contributed by atoms with Gasteiger partial charge < -0.3 is 14.9 Å². The number of likely N-dealkylation sites (tertiary alicyclic amines) is 1. The van der Waals surface area contributed by atoms with E-state index in [-0.39, 0.29) is 5.92 Å². The van der Waals surface area contributed by atoms with E-state index in [2.05, 4.69) is 21.7 Å². The van der Waals surface area contributed by atoms with Crippen LogP contribution in [0.4, 0.5) is 0 Å². The van der Waals surface area contributed by atoms with E-state index in [9.17, 15) is 15.0 Å². The fourth-order valence-electron chi connectivity index (χ4n) is 4.70. The second kappa shape index (κ2) is 11.1. The minimum Gasteiger partial charge on any atom is -0.497 e. The number of nitrogens with zero attached hydrogens (tertiary/aromatic N) is 2. The lowest BCUT2D eigenvalue weighted by Gasteiger charge is -2.36. The van der Waals surface area contributed by atoms with Gasteiger partial charge in [0, 0.05) is 23.7 Å². The molecule has 2 heterocycles. The predicted molar refractivity (Wildman–Crippen MR) is 131 cm³/mol. The number of carboxylic acids is 1. The first-order chi connectivity index (χ1) is 16.5. The van der Waals surface area contributed by atoms with Crippen molar-refractivity contribution in [2.24, 2.45) is 11.8 Å². The minimum atomic E-state index is -0.778. The molecule has 0 unspecified atom stereocenters. The number of benzene rings is 2. The number of aromatic nitrogens is 1. The summed E-state index contributed by atoms with van der Waals surface area (Å²) in [6.07, 6.45) is 2.93. The number of pyridine rings is 1. The number of ether oxygens (including phenoxy) is 1. The summed E-state index contributed by atoms with van der Waals surface area (Å²) in [5.41, 5.74) is 2.55. The summed E-state index contributed by atoms with van der Waals surface area (Å²) in [6.45, 7) is 1.84. The van der Waals surface area contributed by atoms with Crippen LogP contribution in [0.25, 0.3) is 10.9 Å². The lowest BCUT2D eigenvalue weighted by molar-refractivity contribution is -0.146. The Labute approximate surface area is 200 Å². The monoisotopic (exact) mass is 458 g/mol. The number of aliphatic hydroxyl groups is 1. The van der Waals surface area contributed by atoms with Gasteiger partial charge in [0.1, 0.15) is 5.75 Å². The summed E-state index contributed by atoms with van der Waals surface area (Å²) < 4.78 is 5.33. The number of piperidine rings is 1. The highest BCUT2D eigenvalue weighted by Crippen LogP contribution is 2.33. The smallest absolute Gasteiger partial charge is 0.308 e. The molecule has 2 N–H and O–H groups in total. The van der Waals surface area contributed by atoms with Gasteiger partial charge in [-0.25, -0.2) is 0 Å². The van der Waals surface area contributed by atoms with Crippen LogP contribution in [0.2, 0.25) is 0 Å². The first-order valence-corrected chi connectivity index (χ1v) is 11.6. The zero-order valence-electron chi connectivity index (χ0n) is 19.4. The fraction of sp³-hybridized carbons (Fsp3) is 0.357. The number of fused-ring (bicyclic) bond motifs is 1. The third kappa shape index (κ3) is 5.74. The molecule has 0 amide bonds. The van der Waals surface area contributed by atoms with Crippen molar-refractivity contribution in [3.05, 3.63) is 71.9 Å². The quantitative estimate of drug-likeness (QED) is 0.518. The normalized spacial score (nSPS) is 19.2. The van der Waals surface area contributed by atoms with Gasteiger partial charge in [-0.2, -0.15) is 0 Å². The molecule has 1 aliphatic heterocycles. The maximum absolute atomic E-state index is 12.0. The topological polar surface area (TPSA) is 82.9 Å². The molecule has 1 saturated heterocycles. The third-order valence-corrected chi connectivity index (χ3v) is 6.62. The average molecular weight is 459 g/mol. The molecule has 0 aliphatic carbocycles. The van der Waals surface area contributed by atoms with E-state index in [1.807, 2.05) is 54.6 Å². The molecule has 3 aromatic rings. The highest BCUT2D eigenvalue weighted by atomic mass is 16.5. The SMILES string of the molecule is COc1ccc2nccc([C@H](O)CC[C@@H]3CCN(CC#Cc4ccccc4)C[C@@H]3C(=O)O)c2c1. The second-order valence-electron chi connectivity index (χ2n) is 8.77. The van der Waals surface area contributed by atoms with Crippen molar-refractivity contribution in [2.75, 3.05) is 26.7 Å². The average Bonchev–Trinajstić information content (AvgIpc) is 2.87. The standard InChI is InChI=1S/C28H30N2O4/c1-34-22-10-11-26-24(18-22)23(13-15-29-26)27(31)12-9-21-14-17-30(19-25(21)28(32)33)16-5-8-20-6-3-2-4-7-20/h2-4,6-7,10-11,13,15,18,21,25,27,31H,9,12,14,16-17,19H2,1H3,(H,32,33)/t21-,25+,27-/m1/s1. The van der Waals surface area contributed by atoms with Crippen molar-refractivity contribution < 1.29 is 19.7 Å². The van der Waals surface area contributed by atoms with Crippen LogP contribution in [0.1, 0.15) is 36.5 Å². The molecule has 1 fully saturated rings. The van der Waals surface area contributed by atoms with Crippen molar-refractivity contribution in [1.29, 1.82) is 0 Å². The molecule has 2 aromatic carbocycles. The molecular formula is C28H30N2O4. The van der Waals surface area contributed by atoms with Gasteiger partial charge in [-0.1, -0.05) is 30.0 Å². The lowest BCUT2D eigenvalue weighted by atomic mass is 9.81. The predicted octanol–water partition coefficient (Wildman–Crippen LogP) is 4.13. The molecule has 0 bridgehead atoms. The fourth-order valence-corrected chi connectivity index (χ4v) is 4.70. The molecule has 6 heteroatoms. The van der Waals surface area contributed by atoms with Gasteiger partial charge in [-0.05, 0) is 73.7 Å². The Bertz CT molecular complexity index is 1190. The molecular weight excluding hydrogens is 428 g/mol. The minimum absolute atomic E-state index is 0.0214. The van der Waals surface area contributed by atoms with Gasteiger partial charge in [0.25, 0.3) is 0 Å². The number of hydrogen-bond donors (Lipinski definition) is 2. The van der Waals surface area contributed by atoms with Crippen LogP contribution in [0.3, 0.4) is 0 Å². The number of hydrogen-bond acceptors (Lipinski definition) is 5. The molecule has 0 saturated carbocycles. The van der Waals surface area contributed by atoms with E-state index in [1.165, 1.54) is 0 Å². The van der Waals surface area contributed by atoms with Crippen molar-refractivity contribution in [2.45, 2.75) is 25.4 Å². The third-order valence-electron chi connectivity index (χ3n) is 6.62. The molecule has 6 nitrogen and oxygen atoms in total. The van der Waals surface area contributed by atoms with Gasteiger partial charge >= 0.3 is 5.97 Å². The Balaban J connectivity index is 1.38. The van der Waals surface area contributed by atoms with Gasteiger partial charge in [-0.3, -0.25) is 14.7 Å². The van der Waals surface area contributed by atoms with E-state index < -0.39 is 18.0 Å². The van der Waals surface area contributed by atoms with Gasteiger partial charge in [0.2, 0.25) is 0 Å². The van der Waals surface area contributed by atoms with Crippen molar-refractivity contribution >= 4 is 16.9 Å². The summed E-state index contributed by atoms with van der Waals surface area (Å²) in [5, 5.41) is 21.7. The van der Waals surface area contributed by atoms with Crippen molar-refractivity contribution in [1.82, 2.24) is 9.88 Å². The molecule has 1 aromatic heterocycles. The van der Waals surface area contributed by atoms with E-state index in [4.69, 9.17) is 4.74 Å². The first kappa shape index (κ1) is 23.7. The van der Waals surface area contributed by atoms with Crippen LogP contribution < -0.4 is 4.74 Å². The van der Waals surface area contributed by atoms with Crippen LogP contribution in [-0.2, 0) is 4.79 Å². The highest BCUT2D eigenvalue weighted by Gasteiger charge is 2.34. The van der Waals surface area contributed by atoms with E-state index in [1.54, 1.807) is 13.3 Å². The van der Waals surface area contributed by atoms with E-state index in [0.717, 1.165) is 35.0 Å². The number of carboxylic acid groups (broad SMARTS) is 1. The number of methoxy groups -OCH3 is 1. The Morgan fingerprint density at radius 1 is 1.24 bits per heavy atom. The summed E-state index contributed by atoms with van der Waals surface area (Å²) >= 11 is 0. The van der Waals surface area contributed by atoms with Crippen LogP contribution in [0.5, 0.6) is 5.75 Å². The van der Waals surface area contributed by atoms with Crippen LogP contribution >= 0.6 is 0 Å². The number of carbonyl (C=O) groups is 1. The van der Waals surface area contributed by atoms with Crippen LogP contribution in [0, 0.1) is 23.7 Å². The molecule has 1 aliphatic rings. The Morgan fingerprint density at radius 3 is 2.82 bits per heavy atom. The Hall–Kier alpha value is -3.40. The zero-order valence-corrected chi connectivity index (χ0v) is 19.4. The Kier molecular flexibility index (Phi) is 7.79. The van der Waals surface area contributed by atoms with Crippen molar-refractivity contribution in [3.8, 4) is 17.6 Å². The van der Waals surface area contributed by atoms with E-state index >= 15 is 0 Å². The molecule has 176 valence electrons. The molecule has 0 spiro atoms. The Morgan fingerprint density at radius 2 is 2.06 bits per heavy atom. The molecule has 3 atom stereocenters. The summed E-state index contributed by atoms with van der Waals surface area (Å²) in [6, 6.07) is 17.2. The number of rotatable bonds is 7. The van der Waals surface area contributed by atoms with Crippen LogP contribution in [-0.4, -0.2) is 52.8 Å². The second-order valence-corrected chi connectivity index (χ2v) is 8.77. The summed E-state index contributed by atoms with van der Waals surface area (Å²) in [7, 11) is 1.61. The maximum atomic E-state index is 12.0. The van der Waals surface area contributed by atoms with E-state index in [0.29, 0.717) is 31.7 Å². The van der Waals surface area contributed by atoms with Crippen LogP contribution in [0.15, 0.2) is 60.8 Å². The summed E-state index contributed by atoms with van der Waals surface area (Å²) in [5.74, 6) is 5.80. The molecule has 0 radical (unpaired) electrons. The van der Waals surface area contributed by atoms with Gasteiger partial charge in [0.15, 0.2) is 0 Å². The molecule has 4 rings (SSSR count).